The summed E-state index contributed by atoms with van der Waals surface area (Å²) >= 11 is 0. The summed E-state index contributed by atoms with van der Waals surface area (Å²) in [5, 5.41) is 0. The van der Waals surface area contributed by atoms with Crippen molar-refractivity contribution >= 4 is 13.0 Å². The molecule has 0 N–H and O–H groups in total. The van der Waals surface area contributed by atoms with Crippen molar-refractivity contribution in [2.45, 2.75) is 64.2 Å². The molecular formula is C19H26BF2NO4. The van der Waals surface area contributed by atoms with Gasteiger partial charge in [0, 0.05) is 18.9 Å². The van der Waals surface area contributed by atoms with Crippen LogP contribution in [0.1, 0.15) is 39.7 Å². The van der Waals surface area contributed by atoms with Crippen LogP contribution in [-0.4, -0.2) is 48.8 Å². The van der Waals surface area contributed by atoms with Gasteiger partial charge in [-0.3, -0.25) is 4.79 Å². The molecule has 2 saturated heterocycles. The highest BCUT2D eigenvalue weighted by Crippen LogP contribution is 2.42. The quantitative estimate of drug-likeness (QED) is 0.733. The first-order chi connectivity index (χ1) is 12.6. The molecular weight excluding hydrogens is 355 g/mol. The lowest BCUT2D eigenvalue weighted by molar-refractivity contribution is -0.129. The smallest absolute Gasteiger partial charge is 0.435 e. The molecule has 0 saturated carbocycles. The first-order valence-electron chi connectivity index (χ1n) is 9.24. The Morgan fingerprint density at radius 1 is 1.22 bits per heavy atom. The second-order valence-corrected chi connectivity index (χ2v) is 8.21. The van der Waals surface area contributed by atoms with Crippen LogP contribution in [0.3, 0.4) is 0 Å². The number of ether oxygens (including phenoxy) is 1. The van der Waals surface area contributed by atoms with Crippen LogP contribution in [0.15, 0.2) is 24.3 Å². The number of nitrogens with zero attached hydrogens (tertiary/aromatic N) is 1. The predicted octanol–water partition coefficient (Wildman–Crippen LogP) is 3.53. The number of likely N-dealkylation sites (tertiary alicyclic amines) is 1. The molecule has 2 heterocycles. The molecule has 0 aliphatic carbocycles. The van der Waals surface area contributed by atoms with Crippen LogP contribution in [-0.2, 0) is 20.5 Å². The summed E-state index contributed by atoms with van der Waals surface area (Å²) in [6.07, 6.45) is 1.06. The van der Waals surface area contributed by atoms with Crippen molar-refractivity contribution < 1.29 is 27.6 Å². The third-order valence-corrected chi connectivity index (χ3v) is 5.74. The van der Waals surface area contributed by atoms with Crippen molar-refractivity contribution in [1.82, 2.24) is 4.90 Å². The van der Waals surface area contributed by atoms with Gasteiger partial charge in [-0.2, -0.15) is 8.78 Å². The lowest BCUT2D eigenvalue weighted by Gasteiger charge is -2.32. The van der Waals surface area contributed by atoms with Crippen LogP contribution in [0.25, 0.3) is 0 Å². The van der Waals surface area contributed by atoms with Crippen molar-refractivity contribution in [2.75, 3.05) is 13.1 Å². The van der Waals surface area contributed by atoms with Crippen molar-refractivity contribution in [3.05, 3.63) is 29.8 Å². The Hall–Kier alpha value is -1.67. The SMILES string of the molecule is CC1(C)OB(C2CCN(C(=O)Cc3ccc(OC(F)F)cc3)C2)OC1(C)C. The van der Waals surface area contributed by atoms with Gasteiger partial charge < -0.3 is 18.9 Å². The zero-order valence-corrected chi connectivity index (χ0v) is 16.2. The van der Waals surface area contributed by atoms with E-state index in [9.17, 15) is 13.6 Å². The van der Waals surface area contributed by atoms with Crippen LogP contribution >= 0.6 is 0 Å². The molecule has 3 rings (SSSR count). The molecule has 1 atom stereocenters. The zero-order chi connectivity index (χ0) is 19.8. The number of carbonyl (C=O) groups is 1. The van der Waals surface area contributed by atoms with Gasteiger partial charge in [-0.05, 0) is 51.8 Å². The molecule has 148 valence electrons. The van der Waals surface area contributed by atoms with Crippen LogP contribution in [0.2, 0.25) is 5.82 Å². The Morgan fingerprint density at radius 2 is 1.81 bits per heavy atom. The average Bonchev–Trinajstić information content (AvgIpc) is 3.12. The molecule has 27 heavy (non-hydrogen) atoms. The summed E-state index contributed by atoms with van der Waals surface area (Å²) in [6.45, 7) is 6.49. The van der Waals surface area contributed by atoms with Crippen LogP contribution in [0.4, 0.5) is 8.78 Å². The van der Waals surface area contributed by atoms with Gasteiger partial charge in [-0.15, -0.1) is 0 Å². The number of hydrogen-bond acceptors (Lipinski definition) is 4. The first kappa shape index (κ1) is 20.1. The number of benzene rings is 1. The summed E-state index contributed by atoms with van der Waals surface area (Å²) in [6, 6.07) is 6.17. The van der Waals surface area contributed by atoms with Crippen molar-refractivity contribution in [3.63, 3.8) is 0 Å². The maximum Gasteiger partial charge on any atom is 0.463 e. The summed E-state index contributed by atoms with van der Waals surface area (Å²) in [7, 11) is -0.307. The van der Waals surface area contributed by atoms with Gasteiger partial charge in [-0.1, -0.05) is 12.1 Å². The van der Waals surface area contributed by atoms with Gasteiger partial charge in [0.1, 0.15) is 5.75 Å². The van der Waals surface area contributed by atoms with Crippen LogP contribution < -0.4 is 4.74 Å². The third-order valence-electron chi connectivity index (χ3n) is 5.74. The molecule has 5 nitrogen and oxygen atoms in total. The molecule has 1 aromatic carbocycles. The highest BCUT2D eigenvalue weighted by atomic mass is 19.3. The molecule has 8 heteroatoms. The second-order valence-electron chi connectivity index (χ2n) is 8.21. The van der Waals surface area contributed by atoms with E-state index in [2.05, 4.69) is 4.74 Å². The molecule has 2 fully saturated rings. The lowest BCUT2D eigenvalue weighted by atomic mass is 9.71. The van der Waals surface area contributed by atoms with Gasteiger partial charge in [0.05, 0.1) is 17.6 Å². The van der Waals surface area contributed by atoms with Crippen molar-refractivity contribution in [1.29, 1.82) is 0 Å². The number of amides is 1. The molecule has 0 spiro atoms. The van der Waals surface area contributed by atoms with E-state index in [1.165, 1.54) is 12.1 Å². The first-order valence-corrected chi connectivity index (χ1v) is 9.24. The Labute approximate surface area is 159 Å². The number of halogens is 2. The minimum absolute atomic E-state index is 0.0107. The van der Waals surface area contributed by atoms with E-state index in [0.29, 0.717) is 13.1 Å². The Balaban J connectivity index is 1.54. The fourth-order valence-corrected chi connectivity index (χ4v) is 3.39. The molecule has 2 aliphatic heterocycles. The number of hydrogen-bond donors (Lipinski definition) is 0. The lowest BCUT2D eigenvalue weighted by Crippen LogP contribution is -2.41. The van der Waals surface area contributed by atoms with Crippen LogP contribution in [0.5, 0.6) is 5.75 Å². The number of alkyl halides is 2. The molecule has 0 aromatic heterocycles. The maximum atomic E-state index is 12.6. The predicted molar refractivity (Wildman–Crippen MR) is 97.8 cm³/mol. The summed E-state index contributed by atoms with van der Waals surface area (Å²) in [5.41, 5.74) is 0.00886. The van der Waals surface area contributed by atoms with Crippen LogP contribution in [0, 0.1) is 0 Å². The van der Waals surface area contributed by atoms with E-state index in [0.717, 1.165) is 12.0 Å². The van der Waals surface area contributed by atoms with E-state index >= 15 is 0 Å². The Morgan fingerprint density at radius 3 is 2.37 bits per heavy atom. The van der Waals surface area contributed by atoms with E-state index in [1.54, 1.807) is 12.1 Å². The van der Waals surface area contributed by atoms with Gasteiger partial charge in [0.2, 0.25) is 5.91 Å². The van der Waals surface area contributed by atoms with Crippen molar-refractivity contribution in [2.24, 2.45) is 0 Å². The normalized spacial score (nSPS) is 23.9. The van der Waals surface area contributed by atoms with Gasteiger partial charge in [-0.25, -0.2) is 0 Å². The minimum atomic E-state index is -2.85. The topological polar surface area (TPSA) is 48.0 Å². The average molecular weight is 381 g/mol. The fourth-order valence-electron chi connectivity index (χ4n) is 3.39. The fraction of sp³-hybridized carbons (Fsp3) is 0.632. The number of carbonyl (C=O) groups excluding carboxylic acids is 1. The van der Waals surface area contributed by atoms with E-state index in [1.807, 2.05) is 32.6 Å². The van der Waals surface area contributed by atoms with E-state index < -0.39 is 6.61 Å². The second kappa shape index (κ2) is 7.39. The maximum absolute atomic E-state index is 12.6. The highest BCUT2D eigenvalue weighted by Gasteiger charge is 2.54. The molecule has 1 unspecified atom stereocenters. The molecule has 1 aromatic rings. The van der Waals surface area contributed by atoms with E-state index in [4.69, 9.17) is 9.31 Å². The monoisotopic (exact) mass is 381 g/mol. The third kappa shape index (κ3) is 4.43. The molecule has 0 radical (unpaired) electrons. The van der Waals surface area contributed by atoms with Gasteiger partial charge in [0.15, 0.2) is 0 Å². The summed E-state index contributed by atoms with van der Waals surface area (Å²) < 4.78 is 40.9. The minimum Gasteiger partial charge on any atom is -0.435 e. The summed E-state index contributed by atoms with van der Waals surface area (Å²) in [5.74, 6) is 0.247. The largest absolute Gasteiger partial charge is 0.463 e. The zero-order valence-electron chi connectivity index (χ0n) is 16.2. The highest BCUT2D eigenvalue weighted by molar-refractivity contribution is 6.47. The Bertz CT molecular complexity index is 665. The standard InChI is InChI=1S/C19H26BF2NO4/c1-18(2)19(3,4)27-20(26-18)14-9-10-23(12-14)16(24)11-13-5-7-15(8-6-13)25-17(21)22/h5-8,14,17H,9-12H2,1-4H3. The van der Waals surface area contributed by atoms with Crippen molar-refractivity contribution in [3.8, 4) is 5.75 Å². The van der Waals surface area contributed by atoms with E-state index in [-0.39, 0.29) is 42.2 Å². The number of rotatable bonds is 5. The summed E-state index contributed by atoms with van der Waals surface area (Å²) in [4.78, 5) is 14.4. The van der Waals surface area contributed by atoms with Gasteiger partial charge in [0.25, 0.3) is 0 Å². The van der Waals surface area contributed by atoms with Gasteiger partial charge >= 0.3 is 13.7 Å². The molecule has 0 bridgehead atoms. The molecule has 2 aliphatic rings. The molecule has 1 amide bonds. The Kier molecular flexibility index (Phi) is 5.50.